The summed E-state index contributed by atoms with van der Waals surface area (Å²) < 4.78 is 5.07. The number of hydrogen-bond donors (Lipinski definition) is 2. The number of hydrazone groups is 1. The normalized spacial score (nSPS) is 10.7. The lowest BCUT2D eigenvalue weighted by Gasteiger charge is -2.05. The predicted molar refractivity (Wildman–Crippen MR) is 105 cm³/mol. The van der Waals surface area contributed by atoms with Gasteiger partial charge in [0.2, 0.25) is 0 Å². The zero-order chi connectivity index (χ0) is 19.1. The monoisotopic (exact) mass is 361 g/mol. The molecule has 0 bridgehead atoms. The first kappa shape index (κ1) is 18.1. The summed E-state index contributed by atoms with van der Waals surface area (Å²) in [7, 11) is 1.58. The van der Waals surface area contributed by atoms with Crippen molar-refractivity contribution in [3.05, 3.63) is 77.9 Å². The molecule has 0 aromatic heterocycles. The van der Waals surface area contributed by atoms with Crippen molar-refractivity contribution in [3.8, 4) is 5.75 Å². The Balaban J connectivity index is 1.54. The van der Waals surface area contributed by atoms with Gasteiger partial charge in [-0.25, -0.2) is 5.43 Å². The highest BCUT2D eigenvalue weighted by molar-refractivity contribution is 6.35. The van der Waals surface area contributed by atoms with Crippen LogP contribution in [0.25, 0.3) is 10.8 Å². The highest BCUT2D eigenvalue weighted by Gasteiger charge is 2.12. The third kappa shape index (κ3) is 4.70. The molecule has 0 fully saturated rings. The maximum absolute atomic E-state index is 11.9. The number of benzene rings is 3. The summed E-state index contributed by atoms with van der Waals surface area (Å²) in [6, 6.07) is 20.9. The number of amides is 2. The average Bonchev–Trinajstić information content (AvgIpc) is 2.72. The van der Waals surface area contributed by atoms with E-state index in [1.807, 2.05) is 54.6 Å². The zero-order valence-corrected chi connectivity index (χ0v) is 14.8. The van der Waals surface area contributed by atoms with Crippen molar-refractivity contribution >= 4 is 28.8 Å². The lowest BCUT2D eigenvalue weighted by atomic mass is 10.1. The molecule has 3 aromatic carbocycles. The van der Waals surface area contributed by atoms with Crippen LogP contribution in [0.4, 0.5) is 0 Å². The lowest BCUT2D eigenvalue weighted by Crippen LogP contribution is -2.37. The summed E-state index contributed by atoms with van der Waals surface area (Å²) in [5.74, 6) is -0.841. The minimum Gasteiger partial charge on any atom is -0.497 e. The Morgan fingerprint density at radius 2 is 1.70 bits per heavy atom. The molecule has 2 amide bonds. The number of nitrogens with zero attached hydrogens (tertiary/aromatic N) is 1. The summed E-state index contributed by atoms with van der Waals surface area (Å²) in [6.07, 6.45) is 1.52. The molecule has 0 saturated heterocycles. The van der Waals surface area contributed by atoms with Gasteiger partial charge in [0.05, 0.1) is 13.3 Å². The molecule has 0 aliphatic heterocycles. The molecule has 0 aliphatic carbocycles. The summed E-state index contributed by atoms with van der Waals surface area (Å²) in [6.45, 7) is 0.239. The van der Waals surface area contributed by atoms with E-state index in [-0.39, 0.29) is 6.54 Å². The van der Waals surface area contributed by atoms with Crippen LogP contribution in [-0.2, 0) is 16.1 Å². The van der Waals surface area contributed by atoms with Crippen molar-refractivity contribution in [2.75, 3.05) is 7.11 Å². The fourth-order valence-electron chi connectivity index (χ4n) is 2.58. The second-order valence-corrected chi connectivity index (χ2v) is 5.80. The summed E-state index contributed by atoms with van der Waals surface area (Å²) in [5.41, 5.74) is 3.96. The summed E-state index contributed by atoms with van der Waals surface area (Å²) in [5, 5.41) is 8.53. The molecule has 0 radical (unpaired) electrons. The Labute approximate surface area is 156 Å². The van der Waals surface area contributed by atoms with Gasteiger partial charge in [-0.15, -0.1) is 0 Å². The minimum absolute atomic E-state index is 0.239. The first-order valence-corrected chi connectivity index (χ1v) is 8.39. The largest absolute Gasteiger partial charge is 0.497 e. The number of methoxy groups -OCH3 is 1. The average molecular weight is 361 g/mol. The van der Waals surface area contributed by atoms with Gasteiger partial charge in [-0.2, -0.15) is 5.10 Å². The highest BCUT2D eigenvalue weighted by atomic mass is 16.5. The van der Waals surface area contributed by atoms with Gasteiger partial charge in [-0.05, 0) is 28.5 Å². The molecule has 136 valence electrons. The van der Waals surface area contributed by atoms with E-state index in [0.717, 1.165) is 27.6 Å². The van der Waals surface area contributed by atoms with Gasteiger partial charge in [0.25, 0.3) is 0 Å². The number of carbonyl (C=O) groups is 2. The van der Waals surface area contributed by atoms with Crippen molar-refractivity contribution in [1.29, 1.82) is 0 Å². The maximum atomic E-state index is 11.9. The van der Waals surface area contributed by atoms with Crippen LogP contribution in [-0.4, -0.2) is 25.1 Å². The van der Waals surface area contributed by atoms with Crippen molar-refractivity contribution in [1.82, 2.24) is 10.7 Å². The third-order valence-electron chi connectivity index (χ3n) is 4.01. The molecule has 0 atom stereocenters. The fraction of sp³-hybridized carbons (Fsp3) is 0.0952. The highest BCUT2D eigenvalue weighted by Crippen LogP contribution is 2.16. The van der Waals surface area contributed by atoms with E-state index in [0.29, 0.717) is 0 Å². The zero-order valence-electron chi connectivity index (χ0n) is 14.8. The van der Waals surface area contributed by atoms with Crippen LogP contribution in [0.3, 0.4) is 0 Å². The summed E-state index contributed by atoms with van der Waals surface area (Å²) in [4.78, 5) is 23.7. The molecule has 3 aromatic rings. The number of hydrogen-bond acceptors (Lipinski definition) is 4. The molecule has 27 heavy (non-hydrogen) atoms. The standard InChI is InChI=1S/C21H19N3O3/c1-27-18-11-9-15(10-12-18)13-22-20(25)21(26)24-23-14-17-7-4-6-16-5-2-3-8-19(16)17/h2-12,14H,13H2,1H3,(H,22,25)(H,24,26)/b23-14+. The molecule has 0 saturated carbocycles. The third-order valence-corrected chi connectivity index (χ3v) is 4.01. The predicted octanol–water partition coefficient (Wildman–Crippen LogP) is 2.61. The molecule has 0 aliphatic rings. The Kier molecular flexibility index (Phi) is 5.79. The number of nitrogens with one attached hydrogen (secondary N) is 2. The van der Waals surface area contributed by atoms with E-state index in [4.69, 9.17) is 4.74 Å². The van der Waals surface area contributed by atoms with Crippen molar-refractivity contribution in [3.63, 3.8) is 0 Å². The number of ether oxygens (including phenoxy) is 1. The maximum Gasteiger partial charge on any atom is 0.329 e. The van der Waals surface area contributed by atoms with Crippen molar-refractivity contribution in [2.24, 2.45) is 5.10 Å². The van der Waals surface area contributed by atoms with E-state index in [1.165, 1.54) is 6.21 Å². The van der Waals surface area contributed by atoms with Crippen molar-refractivity contribution < 1.29 is 14.3 Å². The first-order valence-electron chi connectivity index (χ1n) is 8.39. The first-order chi connectivity index (χ1) is 13.2. The number of carbonyl (C=O) groups excluding carboxylic acids is 2. The molecule has 6 heteroatoms. The second kappa shape index (κ2) is 8.62. The SMILES string of the molecule is COc1ccc(CNC(=O)C(=O)N/N=C/c2cccc3ccccc23)cc1. The Hall–Kier alpha value is -3.67. The van der Waals surface area contributed by atoms with Crippen LogP contribution in [0.5, 0.6) is 5.75 Å². The van der Waals surface area contributed by atoms with Crippen LogP contribution in [0, 0.1) is 0 Å². The van der Waals surface area contributed by atoms with Crippen LogP contribution < -0.4 is 15.5 Å². The van der Waals surface area contributed by atoms with Crippen LogP contribution in [0.1, 0.15) is 11.1 Å². The van der Waals surface area contributed by atoms with Gasteiger partial charge in [0.1, 0.15) is 5.75 Å². The van der Waals surface area contributed by atoms with Crippen LogP contribution in [0.2, 0.25) is 0 Å². The quantitative estimate of drug-likeness (QED) is 0.416. The van der Waals surface area contributed by atoms with Gasteiger partial charge in [0, 0.05) is 12.1 Å². The molecule has 0 heterocycles. The fourth-order valence-corrected chi connectivity index (χ4v) is 2.58. The molecule has 0 spiro atoms. The van der Waals surface area contributed by atoms with Crippen LogP contribution in [0.15, 0.2) is 71.8 Å². The smallest absolute Gasteiger partial charge is 0.329 e. The van der Waals surface area contributed by atoms with Gasteiger partial charge in [-0.3, -0.25) is 9.59 Å². The second-order valence-electron chi connectivity index (χ2n) is 5.80. The van der Waals surface area contributed by atoms with E-state index in [9.17, 15) is 9.59 Å². The summed E-state index contributed by atoms with van der Waals surface area (Å²) >= 11 is 0. The van der Waals surface area contributed by atoms with E-state index < -0.39 is 11.8 Å². The van der Waals surface area contributed by atoms with E-state index in [2.05, 4.69) is 15.8 Å². The minimum atomic E-state index is -0.819. The van der Waals surface area contributed by atoms with E-state index >= 15 is 0 Å². The Morgan fingerprint density at radius 1 is 0.963 bits per heavy atom. The van der Waals surface area contributed by atoms with Crippen molar-refractivity contribution in [2.45, 2.75) is 6.54 Å². The number of fused-ring (bicyclic) bond motifs is 1. The lowest BCUT2D eigenvalue weighted by molar-refractivity contribution is -0.139. The van der Waals surface area contributed by atoms with Gasteiger partial charge >= 0.3 is 11.8 Å². The molecule has 2 N–H and O–H groups in total. The van der Waals surface area contributed by atoms with E-state index in [1.54, 1.807) is 19.2 Å². The van der Waals surface area contributed by atoms with Crippen LogP contribution >= 0.6 is 0 Å². The van der Waals surface area contributed by atoms with Gasteiger partial charge in [0.15, 0.2) is 0 Å². The molecular weight excluding hydrogens is 342 g/mol. The molecule has 0 unspecified atom stereocenters. The molecule has 6 nitrogen and oxygen atoms in total. The number of rotatable bonds is 5. The molecule has 3 rings (SSSR count). The Morgan fingerprint density at radius 3 is 2.48 bits per heavy atom. The molecular formula is C21H19N3O3. The topological polar surface area (TPSA) is 79.8 Å². The Bertz CT molecular complexity index is 976. The van der Waals surface area contributed by atoms with Gasteiger partial charge in [-0.1, -0.05) is 54.6 Å². The van der Waals surface area contributed by atoms with Gasteiger partial charge < -0.3 is 10.1 Å².